The van der Waals surface area contributed by atoms with Crippen LogP contribution in [0.25, 0.3) is 0 Å². The number of ether oxygens (including phenoxy) is 1. The van der Waals surface area contributed by atoms with Gasteiger partial charge in [-0.25, -0.2) is 0 Å². The predicted octanol–water partition coefficient (Wildman–Crippen LogP) is 2.49. The highest BCUT2D eigenvalue weighted by molar-refractivity contribution is 5.16. The molecule has 0 aromatic carbocycles. The van der Waals surface area contributed by atoms with Crippen molar-refractivity contribution in [3.8, 4) is 0 Å². The van der Waals surface area contributed by atoms with Crippen LogP contribution in [-0.2, 0) is 17.9 Å². The zero-order chi connectivity index (χ0) is 14.1. The second-order valence-corrected chi connectivity index (χ2v) is 5.60. The fourth-order valence-electron chi connectivity index (χ4n) is 1.79. The van der Waals surface area contributed by atoms with Crippen molar-refractivity contribution in [1.29, 1.82) is 0 Å². The summed E-state index contributed by atoms with van der Waals surface area (Å²) in [4.78, 5) is 2.16. The molecule has 0 bridgehead atoms. The van der Waals surface area contributed by atoms with E-state index >= 15 is 0 Å². The summed E-state index contributed by atoms with van der Waals surface area (Å²) in [7, 11) is 4.15. The Balaban J connectivity index is 2.21. The van der Waals surface area contributed by atoms with E-state index in [0.717, 1.165) is 38.4 Å². The van der Waals surface area contributed by atoms with Gasteiger partial charge in [-0.05, 0) is 45.6 Å². The van der Waals surface area contributed by atoms with Gasteiger partial charge in [-0.2, -0.15) is 0 Å². The minimum Gasteiger partial charge on any atom is -0.467 e. The maximum atomic E-state index is 5.65. The summed E-state index contributed by atoms with van der Waals surface area (Å²) in [5, 5.41) is 3.42. The molecule has 0 radical (unpaired) electrons. The summed E-state index contributed by atoms with van der Waals surface area (Å²) in [5.74, 6) is 1.61. The van der Waals surface area contributed by atoms with Crippen molar-refractivity contribution in [2.75, 3.05) is 33.8 Å². The van der Waals surface area contributed by atoms with Gasteiger partial charge in [-0.15, -0.1) is 0 Å². The zero-order valence-corrected chi connectivity index (χ0v) is 12.7. The van der Waals surface area contributed by atoms with E-state index in [2.05, 4.69) is 38.2 Å². The van der Waals surface area contributed by atoms with Crippen molar-refractivity contribution >= 4 is 0 Å². The van der Waals surface area contributed by atoms with Crippen LogP contribution in [0.2, 0.25) is 0 Å². The topological polar surface area (TPSA) is 37.6 Å². The van der Waals surface area contributed by atoms with Crippen molar-refractivity contribution in [2.45, 2.75) is 33.4 Å². The molecule has 0 amide bonds. The average Bonchev–Trinajstić information content (AvgIpc) is 2.75. The molecule has 1 heterocycles. The molecule has 0 atom stereocenters. The molecule has 0 aliphatic heterocycles. The minimum atomic E-state index is 0.569. The summed E-state index contributed by atoms with van der Waals surface area (Å²) in [6.07, 6.45) is 2.79. The summed E-state index contributed by atoms with van der Waals surface area (Å²) >= 11 is 0. The monoisotopic (exact) mass is 268 g/mol. The Morgan fingerprint density at radius 2 is 2.16 bits per heavy atom. The van der Waals surface area contributed by atoms with Gasteiger partial charge in [-0.3, -0.25) is 0 Å². The van der Waals surface area contributed by atoms with Crippen LogP contribution >= 0.6 is 0 Å². The maximum absolute atomic E-state index is 5.65. The summed E-state index contributed by atoms with van der Waals surface area (Å²) in [5.41, 5.74) is 1.20. The molecular formula is C15H28N2O2. The highest BCUT2D eigenvalue weighted by Gasteiger charge is 2.06. The van der Waals surface area contributed by atoms with Gasteiger partial charge in [0.05, 0.1) is 6.26 Å². The van der Waals surface area contributed by atoms with Crippen LogP contribution in [0.1, 0.15) is 31.6 Å². The molecule has 0 saturated carbocycles. The smallest absolute Gasteiger partial charge is 0.133 e. The molecule has 1 N–H and O–H groups in total. The minimum absolute atomic E-state index is 0.569. The highest BCUT2D eigenvalue weighted by atomic mass is 16.5. The van der Waals surface area contributed by atoms with Gasteiger partial charge in [-0.1, -0.05) is 13.8 Å². The van der Waals surface area contributed by atoms with Gasteiger partial charge in [0.1, 0.15) is 12.4 Å². The van der Waals surface area contributed by atoms with E-state index in [1.165, 1.54) is 5.56 Å². The standard InChI is InChI=1S/C15H28N2O2/c1-13(2)10-16-11-14-6-9-19-15(14)12-18-8-5-7-17(3)4/h6,9,13,16H,5,7-8,10-12H2,1-4H3. The first-order valence-electron chi connectivity index (χ1n) is 7.08. The quantitative estimate of drug-likeness (QED) is 0.662. The van der Waals surface area contributed by atoms with Crippen molar-refractivity contribution in [3.63, 3.8) is 0 Å². The van der Waals surface area contributed by atoms with Crippen LogP contribution < -0.4 is 5.32 Å². The number of hydrogen-bond donors (Lipinski definition) is 1. The molecule has 1 aromatic heterocycles. The summed E-state index contributed by atoms with van der Waals surface area (Å²) < 4.78 is 11.1. The lowest BCUT2D eigenvalue weighted by atomic mass is 10.2. The lowest BCUT2D eigenvalue weighted by Gasteiger charge is -2.10. The van der Waals surface area contributed by atoms with E-state index in [1.807, 2.05) is 6.07 Å². The zero-order valence-electron chi connectivity index (χ0n) is 12.7. The molecule has 19 heavy (non-hydrogen) atoms. The molecule has 0 fully saturated rings. The molecule has 0 aliphatic carbocycles. The van der Waals surface area contributed by atoms with Crippen LogP contribution in [0.4, 0.5) is 0 Å². The van der Waals surface area contributed by atoms with Gasteiger partial charge >= 0.3 is 0 Å². The Bertz CT molecular complexity index is 335. The Morgan fingerprint density at radius 1 is 1.37 bits per heavy atom. The summed E-state index contributed by atoms with van der Waals surface area (Å²) in [6, 6.07) is 2.02. The Labute approximate surface area is 117 Å². The molecule has 4 nitrogen and oxygen atoms in total. The van der Waals surface area contributed by atoms with E-state index in [1.54, 1.807) is 6.26 Å². The Hall–Kier alpha value is -0.840. The van der Waals surface area contributed by atoms with E-state index in [0.29, 0.717) is 12.5 Å². The van der Waals surface area contributed by atoms with Crippen LogP contribution in [0.5, 0.6) is 0 Å². The first kappa shape index (κ1) is 16.2. The normalized spacial score (nSPS) is 11.7. The fourth-order valence-corrected chi connectivity index (χ4v) is 1.79. The first-order chi connectivity index (χ1) is 9.09. The SMILES string of the molecule is CC(C)CNCc1ccoc1COCCCN(C)C. The van der Waals surface area contributed by atoms with Crippen LogP contribution in [0.15, 0.2) is 16.7 Å². The van der Waals surface area contributed by atoms with Crippen LogP contribution in [0, 0.1) is 5.92 Å². The third-order valence-corrected chi connectivity index (χ3v) is 2.83. The largest absolute Gasteiger partial charge is 0.467 e. The third kappa shape index (κ3) is 7.35. The number of hydrogen-bond acceptors (Lipinski definition) is 4. The summed E-state index contributed by atoms with van der Waals surface area (Å²) in [6.45, 7) is 8.69. The number of furan rings is 1. The van der Waals surface area contributed by atoms with Gasteiger partial charge < -0.3 is 19.4 Å². The molecule has 1 rings (SSSR count). The van der Waals surface area contributed by atoms with Crippen LogP contribution in [0.3, 0.4) is 0 Å². The molecular weight excluding hydrogens is 240 g/mol. The van der Waals surface area contributed by atoms with E-state index in [4.69, 9.17) is 9.15 Å². The maximum Gasteiger partial charge on any atom is 0.133 e. The fraction of sp³-hybridized carbons (Fsp3) is 0.733. The van der Waals surface area contributed by atoms with Crippen molar-refractivity contribution in [3.05, 3.63) is 23.7 Å². The number of nitrogens with zero attached hydrogens (tertiary/aromatic N) is 1. The highest BCUT2D eigenvalue weighted by Crippen LogP contribution is 2.12. The van der Waals surface area contributed by atoms with Crippen molar-refractivity contribution in [2.24, 2.45) is 5.92 Å². The Kier molecular flexibility index (Phi) is 7.79. The van der Waals surface area contributed by atoms with Gasteiger partial charge in [0.15, 0.2) is 0 Å². The van der Waals surface area contributed by atoms with Gasteiger partial charge in [0.2, 0.25) is 0 Å². The van der Waals surface area contributed by atoms with Gasteiger partial charge in [0.25, 0.3) is 0 Å². The van der Waals surface area contributed by atoms with Crippen molar-refractivity contribution in [1.82, 2.24) is 10.2 Å². The second-order valence-electron chi connectivity index (χ2n) is 5.60. The average molecular weight is 268 g/mol. The number of rotatable bonds is 10. The van der Waals surface area contributed by atoms with E-state index < -0.39 is 0 Å². The van der Waals surface area contributed by atoms with Gasteiger partial charge in [0, 0.05) is 18.7 Å². The Morgan fingerprint density at radius 3 is 2.84 bits per heavy atom. The number of nitrogens with one attached hydrogen (secondary N) is 1. The third-order valence-electron chi connectivity index (χ3n) is 2.83. The first-order valence-corrected chi connectivity index (χ1v) is 7.08. The van der Waals surface area contributed by atoms with E-state index in [9.17, 15) is 0 Å². The predicted molar refractivity (Wildman–Crippen MR) is 78.1 cm³/mol. The lowest BCUT2D eigenvalue weighted by Crippen LogP contribution is -2.19. The molecule has 4 heteroatoms. The van der Waals surface area contributed by atoms with Crippen molar-refractivity contribution < 1.29 is 9.15 Å². The molecule has 0 unspecified atom stereocenters. The van der Waals surface area contributed by atoms with E-state index in [-0.39, 0.29) is 0 Å². The van der Waals surface area contributed by atoms with Crippen LogP contribution in [-0.4, -0.2) is 38.7 Å². The molecule has 0 saturated heterocycles. The second kappa shape index (κ2) is 9.13. The molecule has 0 spiro atoms. The lowest BCUT2D eigenvalue weighted by molar-refractivity contribution is 0.0985. The molecule has 0 aliphatic rings. The molecule has 110 valence electrons. The molecule has 1 aromatic rings.